The molecule has 1 amide bonds. The lowest BCUT2D eigenvalue weighted by Crippen LogP contribution is -2.31. The minimum Gasteiger partial charge on any atom is -0.355 e. The molecule has 0 radical (unpaired) electrons. The fourth-order valence-corrected chi connectivity index (χ4v) is 3.74. The number of benzene rings is 2. The van der Waals surface area contributed by atoms with Crippen molar-refractivity contribution in [1.29, 1.82) is 0 Å². The number of carbonyl (C=O) groups excluding carboxylic acids is 1. The van der Waals surface area contributed by atoms with Crippen LogP contribution in [0.1, 0.15) is 35.4 Å². The normalized spacial score (nSPS) is 16.1. The summed E-state index contributed by atoms with van der Waals surface area (Å²) in [6.07, 6.45) is 7.58. The topological polar surface area (TPSA) is 46.9 Å². The van der Waals surface area contributed by atoms with Crippen LogP contribution < -0.4 is 5.32 Å². The molecule has 4 rings (SSSR count). The van der Waals surface area contributed by atoms with Gasteiger partial charge in [0, 0.05) is 24.9 Å². The Labute approximate surface area is 153 Å². The molecule has 1 atom stereocenters. The average Bonchev–Trinajstić information content (AvgIpc) is 3.22. The summed E-state index contributed by atoms with van der Waals surface area (Å²) in [5, 5.41) is 7.34. The molecule has 0 bridgehead atoms. The lowest BCUT2D eigenvalue weighted by molar-refractivity contribution is -0.120. The van der Waals surface area contributed by atoms with E-state index in [9.17, 15) is 4.79 Å². The zero-order valence-corrected chi connectivity index (χ0v) is 14.8. The van der Waals surface area contributed by atoms with E-state index < -0.39 is 0 Å². The standard InChI is InChI=1S/C22H23N3O/c26-22(15-17-9-11-20(12-10-17)25-14-4-13-24-25)23-16-19-7-3-6-18-5-1-2-8-21(18)19/h1-2,4-5,8-14,19H,3,6-7,15-16H2,(H,23,26). The van der Waals surface area contributed by atoms with Gasteiger partial charge in [-0.3, -0.25) is 4.79 Å². The summed E-state index contributed by atoms with van der Waals surface area (Å²) in [6.45, 7) is 0.723. The fraction of sp³-hybridized carbons (Fsp3) is 0.273. The van der Waals surface area contributed by atoms with E-state index in [0.717, 1.165) is 30.6 Å². The van der Waals surface area contributed by atoms with Gasteiger partial charge < -0.3 is 5.32 Å². The first-order valence-corrected chi connectivity index (χ1v) is 9.23. The maximum absolute atomic E-state index is 12.4. The van der Waals surface area contributed by atoms with Gasteiger partial charge in [-0.05, 0) is 54.2 Å². The van der Waals surface area contributed by atoms with Crippen LogP contribution >= 0.6 is 0 Å². The third-order valence-corrected chi connectivity index (χ3v) is 5.11. The first-order valence-electron chi connectivity index (χ1n) is 9.23. The van der Waals surface area contributed by atoms with Crippen LogP contribution in [0.25, 0.3) is 5.69 Å². The Kier molecular flexibility index (Phi) is 4.82. The summed E-state index contributed by atoms with van der Waals surface area (Å²) < 4.78 is 1.81. The van der Waals surface area contributed by atoms with Crippen molar-refractivity contribution in [2.45, 2.75) is 31.6 Å². The lowest BCUT2D eigenvalue weighted by Gasteiger charge is -2.25. The van der Waals surface area contributed by atoms with E-state index in [4.69, 9.17) is 0 Å². The molecule has 132 valence electrons. The zero-order valence-electron chi connectivity index (χ0n) is 14.8. The Morgan fingerprint density at radius 1 is 1.12 bits per heavy atom. The van der Waals surface area contributed by atoms with Gasteiger partial charge in [-0.15, -0.1) is 0 Å². The number of aromatic nitrogens is 2. The van der Waals surface area contributed by atoms with Crippen molar-refractivity contribution < 1.29 is 4.79 Å². The number of hydrogen-bond donors (Lipinski definition) is 1. The van der Waals surface area contributed by atoms with Crippen molar-refractivity contribution in [3.8, 4) is 5.69 Å². The fourth-order valence-electron chi connectivity index (χ4n) is 3.74. The second kappa shape index (κ2) is 7.56. The van der Waals surface area contributed by atoms with Crippen LogP contribution in [0.3, 0.4) is 0 Å². The molecule has 0 fully saturated rings. The highest BCUT2D eigenvalue weighted by atomic mass is 16.1. The van der Waals surface area contributed by atoms with Crippen LogP contribution in [0.5, 0.6) is 0 Å². The molecule has 1 aliphatic carbocycles. The van der Waals surface area contributed by atoms with Gasteiger partial charge >= 0.3 is 0 Å². The van der Waals surface area contributed by atoms with Crippen LogP contribution in [-0.2, 0) is 17.6 Å². The molecule has 0 aliphatic heterocycles. The number of nitrogens with one attached hydrogen (secondary N) is 1. The summed E-state index contributed by atoms with van der Waals surface area (Å²) in [7, 11) is 0. The van der Waals surface area contributed by atoms with Crippen molar-refractivity contribution in [3.05, 3.63) is 83.7 Å². The van der Waals surface area contributed by atoms with E-state index in [1.54, 1.807) is 6.20 Å². The van der Waals surface area contributed by atoms with Gasteiger partial charge in [0.2, 0.25) is 5.91 Å². The van der Waals surface area contributed by atoms with E-state index in [-0.39, 0.29) is 5.91 Å². The minimum absolute atomic E-state index is 0.0832. The Balaban J connectivity index is 1.33. The van der Waals surface area contributed by atoms with Crippen molar-refractivity contribution >= 4 is 5.91 Å². The molecular formula is C22H23N3O. The molecule has 1 aliphatic rings. The van der Waals surface area contributed by atoms with E-state index in [2.05, 4.69) is 34.7 Å². The van der Waals surface area contributed by atoms with Crippen LogP contribution in [0, 0.1) is 0 Å². The highest BCUT2D eigenvalue weighted by Gasteiger charge is 2.20. The molecule has 26 heavy (non-hydrogen) atoms. The number of carbonyl (C=O) groups is 1. The molecule has 1 heterocycles. The van der Waals surface area contributed by atoms with Crippen molar-refractivity contribution in [2.24, 2.45) is 0 Å². The third-order valence-electron chi connectivity index (χ3n) is 5.11. The highest BCUT2D eigenvalue weighted by molar-refractivity contribution is 5.78. The van der Waals surface area contributed by atoms with Crippen molar-refractivity contribution in [1.82, 2.24) is 15.1 Å². The predicted molar refractivity (Wildman–Crippen MR) is 102 cm³/mol. The van der Waals surface area contributed by atoms with Crippen LogP contribution in [0.15, 0.2) is 67.0 Å². The van der Waals surface area contributed by atoms with Crippen LogP contribution in [0.4, 0.5) is 0 Å². The maximum atomic E-state index is 12.4. The minimum atomic E-state index is 0.0832. The largest absolute Gasteiger partial charge is 0.355 e. The first kappa shape index (κ1) is 16.6. The van der Waals surface area contributed by atoms with Gasteiger partial charge in [0.05, 0.1) is 12.1 Å². The number of fused-ring (bicyclic) bond motifs is 1. The number of hydrogen-bond acceptors (Lipinski definition) is 2. The van der Waals surface area contributed by atoms with Crippen LogP contribution in [-0.4, -0.2) is 22.2 Å². The van der Waals surface area contributed by atoms with Gasteiger partial charge in [-0.2, -0.15) is 5.10 Å². The Bertz CT molecular complexity index is 869. The summed E-state index contributed by atoms with van der Waals surface area (Å²) in [5.74, 6) is 0.519. The summed E-state index contributed by atoms with van der Waals surface area (Å²) in [6, 6.07) is 18.5. The number of nitrogens with zero attached hydrogens (tertiary/aromatic N) is 2. The van der Waals surface area contributed by atoms with Gasteiger partial charge in [0.25, 0.3) is 0 Å². The van der Waals surface area contributed by atoms with Crippen molar-refractivity contribution in [2.75, 3.05) is 6.54 Å². The molecule has 4 nitrogen and oxygen atoms in total. The molecule has 0 spiro atoms. The molecular weight excluding hydrogens is 322 g/mol. The lowest BCUT2D eigenvalue weighted by atomic mass is 9.83. The smallest absolute Gasteiger partial charge is 0.224 e. The van der Waals surface area contributed by atoms with E-state index >= 15 is 0 Å². The molecule has 1 unspecified atom stereocenters. The molecule has 4 heteroatoms. The van der Waals surface area contributed by atoms with Gasteiger partial charge in [0.1, 0.15) is 0 Å². The summed E-state index contributed by atoms with van der Waals surface area (Å²) in [5.41, 5.74) is 4.86. The number of amides is 1. The quantitative estimate of drug-likeness (QED) is 0.767. The van der Waals surface area contributed by atoms with Gasteiger partial charge in [-0.1, -0.05) is 36.4 Å². The maximum Gasteiger partial charge on any atom is 0.224 e. The van der Waals surface area contributed by atoms with Gasteiger partial charge in [0.15, 0.2) is 0 Å². The van der Waals surface area contributed by atoms with Crippen LogP contribution in [0.2, 0.25) is 0 Å². The zero-order chi connectivity index (χ0) is 17.8. The summed E-state index contributed by atoms with van der Waals surface area (Å²) in [4.78, 5) is 12.4. The molecule has 3 aromatic rings. The molecule has 0 saturated heterocycles. The Hall–Kier alpha value is -2.88. The van der Waals surface area contributed by atoms with E-state index in [0.29, 0.717) is 12.3 Å². The SMILES string of the molecule is O=C(Cc1ccc(-n2cccn2)cc1)NCC1CCCc2ccccc21. The molecule has 0 saturated carbocycles. The van der Waals surface area contributed by atoms with Crippen molar-refractivity contribution in [3.63, 3.8) is 0 Å². The van der Waals surface area contributed by atoms with E-state index in [1.807, 2.05) is 41.2 Å². The number of aryl methyl sites for hydroxylation is 1. The third kappa shape index (κ3) is 3.69. The monoisotopic (exact) mass is 345 g/mol. The molecule has 1 N–H and O–H groups in total. The Morgan fingerprint density at radius 2 is 1.96 bits per heavy atom. The Morgan fingerprint density at radius 3 is 2.77 bits per heavy atom. The van der Waals surface area contributed by atoms with E-state index in [1.165, 1.54) is 17.5 Å². The highest BCUT2D eigenvalue weighted by Crippen LogP contribution is 2.30. The second-order valence-corrected chi connectivity index (χ2v) is 6.89. The molecule has 1 aromatic heterocycles. The predicted octanol–water partition coefficient (Wildman–Crippen LogP) is 3.65. The average molecular weight is 345 g/mol. The van der Waals surface area contributed by atoms with Gasteiger partial charge in [-0.25, -0.2) is 4.68 Å². The second-order valence-electron chi connectivity index (χ2n) is 6.89. The summed E-state index contributed by atoms with van der Waals surface area (Å²) >= 11 is 0. The number of rotatable bonds is 5. The first-order chi connectivity index (χ1) is 12.8. The molecule has 2 aromatic carbocycles.